The Morgan fingerprint density at radius 2 is 2.05 bits per heavy atom. The second-order valence-corrected chi connectivity index (χ2v) is 6.46. The van der Waals surface area contributed by atoms with Crippen molar-refractivity contribution in [2.45, 2.75) is 6.04 Å². The van der Waals surface area contributed by atoms with E-state index in [-0.39, 0.29) is 17.0 Å². The van der Waals surface area contributed by atoms with E-state index in [0.717, 1.165) is 5.41 Å². The van der Waals surface area contributed by atoms with Gasteiger partial charge in [-0.15, -0.1) is 0 Å². The zero-order valence-electron chi connectivity index (χ0n) is 11.6. The first-order valence-electron chi connectivity index (χ1n) is 6.09. The number of nitrogens with one attached hydrogen (secondary N) is 1. The minimum Gasteiger partial charge on any atom is -0.497 e. The molecule has 114 valence electrons. The van der Waals surface area contributed by atoms with E-state index >= 15 is 0 Å². The third kappa shape index (κ3) is 3.27. The molecule has 7 nitrogen and oxygen atoms in total. The van der Waals surface area contributed by atoms with Crippen molar-refractivity contribution in [3.05, 3.63) is 29.2 Å². The lowest BCUT2D eigenvalue weighted by Gasteiger charge is -2.14. The Hall–Kier alpha value is -2.22. The molecule has 8 heteroatoms. The van der Waals surface area contributed by atoms with Crippen molar-refractivity contribution in [3.8, 4) is 11.5 Å². The average Bonchev–Trinajstić information content (AvgIpc) is 2.78. The zero-order chi connectivity index (χ0) is 15.6. The number of hydrogen-bond acceptors (Lipinski definition) is 6. The Balaban J connectivity index is 2.25. The topological polar surface area (TPSA) is 108 Å². The molecule has 0 spiro atoms. The molecule has 1 aliphatic heterocycles. The van der Waals surface area contributed by atoms with Crippen molar-refractivity contribution in [1.29, 1.82) is 0 Å². The van der Waals surface area contributed by atoms with Crippen LogP contribution in [-0.2, 0) is 9.84 Å². The van der Waals surface area contributed by atoms with Crippen LogP contribution in [0.2, 0.25) is 0 Å². The number of benzene rings is 1. The normalized spacial score (nSPS) is 19.2. The number of nitrogen functional groups attached to an aromatic ring is 1. The molecule has 0 aromatic heterocycles. The highest BCUT2D eigenvalue weighted by atomic mass is 32.2. The summed E-state index contributed by atoms with van der Waals surface area (Å²) in [7, 11) is -0.348. The largest absolute Gasteiger partial charge is 0.497 e. The van der Waals surface area contributed by atoms with Crippen molar-refractivity contribution >= 4 is 21.4 Å². The lowest BCUT2D eigenvalue weighted by molar-refractivity contribution is 0.0948. The first-order valence-corrected chi connectivity index (χ1v) is 7.81. The van der Waals surface area contributed by atoms with E-state index in [1.54, 1.807) is 6.07 Å². The van der Waals surface area contributed by atoms with Crippen molar-refractivity contribution in [1.82, 2.24) is 5.32 Å². The minimum atomic E-state index is -3.23. The molecule has 1 amide bonds. The fourth-order valence-electron chi connectivity index (χ4n) is 1.99. The molecule has 1 heterocycles. The third-order valence-corrected chi connectivity index (χ3v) is 4.46. The zero-order valence-corrected chi connectivity index (χ0v) is 12.4. The number of rotatable bonds is 4. The predicted octanol–water partition coefficient (Wildman–Crippen LogP) is 0.326. The molecule has 1 aliphatic rings. The van der Waals surface area contributed by atoms with Crippen molar-refractivity contribution in [2.24, 2.45) is 0 Å². The van der Waals surface area contributed by atoms with Gasteiger partial charge in [0.05, 0.1) is 37.3 Å². The monoisotopic (exact) mass is 312 g/mol. The van der Waals surface area contributed by atoms with Crippen molar-refractivity contribution in [2.75, 3.05) is 25.7 Å². The van der Waals surface area contributed by atoms with E-state index in [0.29, 0.717) is 11.5 Å². The molecule has 1 aromatic carbocycles. The number of amides is 1. The summed E-state index contributed by atoms with van der Waals surface area (Å²) in [6.45, 7) is 0. The number of sulfone groups is 1. The highest BCUT2D eigenvalue weighted by Crippen LogP contribution is 2.31. The predicted molar refractivity (Wildman–Crippen MR) is 78.1 cm³/mol. The van der Waals surface area contributed by atoms with Gasteiger partial charge in [0.15, 0.2) is 9.84 Å². The SMILES string of the molecule is COc1cc(OC)c(N)c(C(=O)NC2C=CS(=O)(=O)C2)c1. The van der Waals surface area contributed by atoms with Crippen LogP contribution in [0.1, 0.15) is 10.4 Å². The van der Waals surface area contributed by atoms with E-state index in [4.69, 9.17) is 15.2 Å². The Labute approximate surface area is 122 Å². The Bertz CT molecular complexity index is 697. The van der Waals surface area contributed by atoms with Crippen LogP contribution in [-0.4, -0.2) is 40.3 Å². The van der Waals surface area contributed by atoms with Crippen LogP contribution in [0.25, 0.3) is 0 Å². The standard InChI is InChI=1S/C13H16N2O5S/c1-19-9-5-10(12(14)11(6-9)20-2)13(16)15-8-3-4-21(17,18)7-8/h3-6,8H,7,14H2,1-2H3,(H,15,16). The van der Waals surface area contributed by atoms with E-state index in [1.165, 1.54) is 26.4 Å². The van der Waals surface area contributed by atoms with Gasteiger partial charge < -0.3 is 20.5 Å². The maximum Gasteiger partial charge on any atom is 0.254 e. The summed E-state index contributed by atoms with van der Waals surface area (Å²) in [4.78, 5) is 12.2. The number of nitrogens with two attached hydrogens (primary N) is 1. The number of methoxy groups -OCH3 is 2. The van der Waals surface area contributed by atoms with Crippen LogP contribution < -0.4 is 20.5 Å². The molecule has 3 N–H and O–H groups in total. The molecule has 2 rings (SSSR count). The molecule has 0 aliphatic carbocycles. The summed E-state index contributed by atoms with van der Waals surface area (Å²) in [5, 5.41) is 3.69. The lowest BCUT2D eigenvalue weighted by Crippen LogP contribution is -2.35. The highest BCUT2D eigenvalue weighted by molar-refractivity contribution is 7.94. The molecule has 0 radical (unpaired) electrons. The maximum absolute atomic E-state index is 12.2. The fourth-order valence-corrected chi connectivity index (χ4v) is 3.22. The van der Waals surface area contributed by atoms with Gasteiger partial charge in [-0.25, -0.2) is 8.42 Å². The van der Waals surface area contributed by atoms with Crippen LogP contribution in [0.4, 0.5) is 5.69 Å². The second-order valence-electron chi connectivity index (χ2n) is 4.53. The highest BCUT2D eigenvalue weighted by Gasteiger charge is 2.25. The van der Waals surface area contributed by atoms with Gasteiger partial charge >= 0.3 is 0 Å². The second kappa shape index (κ2) is 5.65. The summed E-state index contributed by atoms with van der Waals surface area (Å²) >= 11 is 0. The van der Waals surface area contributed by atoms with Gasteiger partial charge in [0.25, 0.3) is 5.91 Å². The lowest BCUT2D eigenvalue weighted by atomic mass is 10.1. The van der Waals surface area contributed by atoms with Gasteiger partial charge in [0.1, 0.15) is 11.5 Å². The molecule has 21 heavy (non-hydrogen) atoms. The van der Waals surface area contributed by atoms with Gasteiger partial charge in [-0.1, -0.05) is 0 Å². The van der Waals surface area contributed by atoms with Gasteiger partial charge in [0.2, 0.25) is 0 Å². The third-order valence-electron chi connectivity index (χ3n) is 3.06. The summed E-state index contributed by atoms with van der Waals surface area (Å²) < 4.78 is 32.8. The maximum atomic E-state index is 12.2. The molecular weight excluding hydrogens is 296 g/mol. The summed E-state index contributed by atoms with van der Waals surface area (Å²) in [5.41, 5.74) is 6.21. The average molecular weight is 312 g/mol. The van der Waals surface area contributed by atoms with E-state index in [1.807, 2.05) is 0 Å². The molecule has 0 fully saturated rings. The van der Waals surface area contributed by atoms with E-state index in [9.17, 15) is 13.2 Å². The number of carbonyl (C=O) groups is 1. The summed E-state index contributed by atoms with van der Waals surface area (Å²) in [6.07, 6.45) is 1.43. The molecule has 1 unspecified atom stereocenters. The van der Waals surface area contributed by atoms with Crippen LogP contribution in [0.15, 0.2) is 23.6 Å². The molecular formula is C13H16N2O5S. The number of anilines is 1. The molecule has 1 aromatic rings. The first-order chi connectivity index (χ1) is 9.86. The van der Waals surface area contributed by atoms with E-state index < -0.39 is 21.8 Å². The smallest absolute Gasteiger partial charge is 0.254 e. The van der Waals surface area contributed by atoms with E-state index in [2.05, 4.69) is 5.32 Å². The summed E-state index contributed by atoms with van der Waals surface area (Å²) in [6, 6.07) is 2.46. The molecule has 0 saturated carbocycles. The molecule has 0 saturated heterocycles. The molecule has 1 atom stereocenters. The van der Waals surface area contributed by atoms with Crippen LogP contribution in [0.3, 0.4) is 0 Å². The molecule has 0 bridgehead atoms. The van der Waals surface area contributed by atoms with Crippen LogP contribution >= 0.6 is 0 Å². The Kier molecular flexibility index (Phi) is 4.08. The van der Waals surface area contributed by atoms with Gasteiger partial charge in [-0.3, -0.25) is 4.79 Å². The van der Waals surface area contributed by atoms with Gasteiger partial charge in [-0.2, -0.15) is 0 Å². The van der Waals surface area contributed by atoms with Gasteiger partial charge in [-0.05, 0) is 12.1 Å². The van der Waals surface area contributed by atoms with Crippen LogP contribution in [0.5, 0.6) is 11.5 Å². The number of hydrogen-bond donors (Lipinski definition) is 2. The van der Waals surface area contributed by atoms with Crippen LogP contribution in [0, 0.1) is 0 Å². The van der Waals surface area contributed by atoms with Gasteiger partial charge in [0, 0.05) is 11.5 Å². The number of ether oxygens (including phenoxy) is 2. The Morgan fingerprint density at radius 3 is 2.57 bits per heavy atom. The quantitative estimate of drug-likeness (QED) is 0.776. The fraction of sp³-hybridized carbons (Fsp3) is 0.308. The van der Waals surface area contributed by atoms with Crippen molar-refractivity contribution < 1.29 is 22.7 Å². The Morgan fingerprint density at radius 1 is 1.33 bits per heavy atom. The first kappa shape index (κ1) is 15.2. The van der Waals surface area contributed by atoms with Crippen molar-refractivity contribution in [3.63, 3.8) is 0 Å². The number of carbonyl (C=O) groups excluding carboxylic acids is 1. The summed E-state index contributed by atoms with van der Waals surface area (Å²) in [5.74, 6) is 0.0889. The minimum absolute atomic E-state index is 0.153.